The Bertz CT molecular complexity index is 823. The first-order valence-corrected chi connectivity index (χ1v) is 16.5. The number of hydrogen-bond acceptors (Lipinski definition) is 8. The van der Waals surface area contributed by atoms with Crippen molar-refractivity contribution in [2.24, 2.45) is 0 Å². The van der Waals surface area contributed by atoms with Crippen LogP contribution in [0.3, 0.4) is 0 Å². The molecule has 39 heavy (non-hydrogen) atoms. The fourth-order valence-corrected chi connectivity index (χ4v) is 6.12. The van der Waals surface area contributed by atoms with Gasteiger partial charge in [-0.3, -0.25) is 9.35 Å². The molecule has 0 bridgehead atoms. The molecule has 0 spiro atoms. The van der Waals surface area contributed by atoms with Crippen LogP contribution in [0.1, 0.15) is 129 Å². The van der Waals surface area contributed by atoms with Gasteiger partial charge in [-0.15, -0.1) is 0 Å². The monoisotopic (exact) mass is 628 g/mol. The zero-order chi connectivity index (χ0) is 27.5. The summed E-state index contributed by atoms with van der Waals surface area (Å²) in [7, 11) is -8.64. The van der Waals surface area contributed by atoms with Crippen molar-refractivity contribution in [3.8, 4) is 0 Å². The Labute approximate surface area is 304 Å². The van der Waals surface area contributed by atoms with E-state index in [9.17, 15) is 31.0 Å². The molecule has 14 heteroatoms. The van der Waals surface area contributed by atoms with E-state index in [4.69, 9.17) is 0 Å². The number of esters is 1. The van der Waals surface area contributed by atoms with Gasteiger partial charge in [0.1, 0.15) is 0 Å². The van der Waals surface area contributed by atoms with Crippen LogP contribution in [-0.2, 0) is 38.7 Å². The predicted octanol–water partition coefficient (Wildman–Crippen LogP) is 3.77. The van der Waals surface area contributed by atoms with Gasteiger partial charge < -0.3 is 8.92 Å². The van der Waals surface area contributed by atoms with Crippen LogP contribution in [0.4, 0.5) is 0 Å². The second kappa shape index (κ2) is 28.6. The fraction of sp³-hybridized carbons (Fsp3) is 0.920. The molecular weight excluding hydrogens is 577 g/mol. The van der Waals surface area contributed by atoms with Gasteiger partial charge in [-0.2, -0.15) is 16.8 Å². The summed E-state index contributed by atoms with van der Waals surface area (Å²) in [5.74, 6) is -2.66. The molecule has 9 nitrogen and oxygen atoms in total. The molecule has 0 aromatic carbocycles. The van der Waals surface area contributed by atoms with Gasteiger partial charge in [-0.1, -0.05) is 117 Å². The summed E-state index contributed by atoms with van der Waals surface area (Å²) in [5, 5.41) is -3.76. The molecule has 2 unspecified atom stereocenters. The molecule has 0 fully saturated rings. The van der Waals surface area contributed by atoms with Gasteiger partial charge in [0.15, 0.2) is 10.5 Å². The fourth-order valence-electron chi connectivity index (χ4n) is 4.05. The Morgan fingerprint density at radius 2 is 0.923 bits per heavy atom. The third-order valence-electron chi connectivity index (χ3n) is 6.27. The van der Waals surface area contributed by atoms with Crippen molar-refractivity contribution in [2.75, 3.05) is 7.11 Å². The SMILES string of the molecule is CCCCCCCCCCC(C(=O)OS(=O)(=O)C(CCCCCCCCCC)C(=O)OC)S(=O)(=O)O.[NaH].[NaH].[NaH]. The summed E-state index contributed by atoms with van der Waals surface area (Å²) >= 11 is 0. The average Bonchev–Trinajstić information content (AvgIpc) is 2.80. The maximum absolute atomic E-state index is 12.7. The van der Waals surface area contributed by atoms with Crippen molar-refractivity contribution < 1.29 is 39.9 Å². The van der Waals surface area contributed by atoms with E-state index in [1.165, 1.54) is 6.42 Å². The van der Waals surface area contributed by atoms with E-state index in [1.807, 2.05) is 0 Å². The van der Waals surface area contributed by atoms with Crippen molar-refractivity contribution in [3.05, 3.63) is 0 Å². The molecule has 0 aliphatic heterocycles. The Hall–Kier alpha value is 1.80. The molecule has 0 aromatic rings. The van der Waals surface area contributed by atoms with E-state index >= 15 is 0 Å². The van der Waals surface area contributed by atoms with Gasteiger partial charge in [-0.25, -0.2) is 4.79 Å². The number of unbranched alkanes of at least 4 members (excludes halogenated alkanes) is 14. The predicted molar refractivity (Wildman–Crippen MR) is 162 cm³/mol. The maximum atomic E-state index is 12.7. The normalized spacial score (nSPS) is 12.7. The Balaban J connectivity index is -0.00000204. The Kier molecular flexibility index (Phi) is 35.0. The van der Waals surface area contributed by atoms with Crippen LogP contribution in [0.15, 0.2) is 0 Å². The Morgan fingerprint density at radius 1 is 0.590 bits per heavy atom. The van der Waals surface area contributed by atoms with Gasteiger partial charge in [0.25, 0.3) is 10.1 Å². The second-order valence-corrected chi connectivity index (χ2v) is 12.8. The first-order chi connectivity index (χ1) is 17.0. The summed E-state index contributed by atoms with van der Waals surface area (Å²) in [4.78, 5) is 24.6. The quantitative estimate of drug-likeness (QED) is 0.0589. The van der Waals surface area contributed by atoms with E-state index < -0.39 is 42.7 Å². The number of carbonyl (C=O) groups excluding carboxylic acids is 2. The summed E-state index contributed by atoms with van der Waals surface area (Å²) in [6.07, 6.45) is 14.5. The van der Waals surface area contributed by atoms with Crippen molar-refractivity contribution >= 4 is 121 Å². The van der Waals surface area contributed by atoms with E-state index in [0.717, 1.165) is 77.7 Å². The van der Waals surface area contributed by atoms with Gasteiger partial charge in [0.05, 0.1) is 7.11 Å². The third-order valence-corrected chi connectivity index (χ3v) is 8.94. The molecular formula is C25H51Na3O9S2. The number of hydrogen-bond donors (Lipinski definition) is 1. The number of methoxy groups -OCH3 is 1. The van der Waals surface area contributed by atoms with Gasteiger partial charge in [0, 0.05) is 0 Å². The number of rotatable bonds is 23. The van der Waals surface area contributed by atoms with E-state index in [-0.39, 0.29) is 102 Å². The van der Waals surface area contributed by atoms with Gasteiger partial charge >= 0.3 is 111 Å². The van der Waals surface area contributed by atoms with Crippen molar-refractivity contribution in [1.29, 1.82) is 0 Å². The summed E-state index contributed by atoms with van der Waals surface area (Å²) in [5.41, 5.74) is 0. The van der Waals surface area contributed by atoms with Crippen LogP contribution in [0.2, 0.25) is 0 Å². The minimum atomic E-state index is -4.88. The third kappa shape index (κ3) is 23.9. The molecule has 2 atom stereocenters. The summed E-state index contributed by atoms with van der Waals surface area (Å²) < 4.78 is 67.5. The molecule has 1 N–H and O–H groups in total. The Morgan fingerprint density at radius 3 is 1.26 bits per heavy atom. The van der Waals surface area contributed by atoms with Crippen LogP contribution in [-0.4, -0.2) is 140 Å². The van der Waals surface area contributed by atoms with Crippen molar-refractivity contribution in [3.63, 3.8) is 0 Å². The summed E-state index contributed by atoms with van der Waals surface area (Å²) in [6, 6.07) is 0. The molecule has 0 radical (unpaired) electrons. The van der Waals surface area contributed by atoms with E-state index in [1.54, 1.807) is 0 Å². The topological polar surface area (TPSA) is 141 Å². The first-order valence-electron chi connectivity index (χ1n) is 13.5. The molecule has 220 valence electrons. The molecule has 0 amide bonds. The standard InChI is InChI=1S/C25H48O9S2.3Na.3H/c1-4-6-8-10-12-14-16-18-20-22(35(28,29)30)25(27)34-36(31,32)23(24(26)33-3)21-19-17-15-13-11-9-7-5-2;;;;;;/h22-23H,4-21H2,1-3H3,(H,28,29,30);;;;;;. The zero-order valence-electron chi connectivity index (χ0n) is 22.4. The van der Waals surface area contributed by atoms with Crippen LogP contribution in [0, 0.1) is 0 Å². The van der Waals surface area contributed by atoms with Crippen molar-refractivity contribution in [1.82, 2.24) is 0 Å². The van der Waals surface area contributed by atoms with Crippen LogP contribution in [0.25, 0.3) is 0 Å². The molecule has 0 heterocycles. The first kappa shape index (κ1) is 47.7. The zero-order valence-corrected chi connectivity index (χ0v) is 24.0. The molecule has 0 aliphatic rings. The minimum absolute atomic E-state index is 0. The molecule has 0 saturated heterocycles. The number of ether oxygens (including phenoxy) is 1. The van der Waals surface area contributed by atoms with Crippen molar-refractivity contribution in [2.45, 2.75) is 140 Å². The van der Waals surface area contributed by atoms with Crippen LogP contribution < -0.4 is 0 Å². The van der Waals surface area contributed by atoms with Crippen LogP contribution in [0.5, 0.6) is 0 Å². The van der Waals surface area contributed by atoms with Gasteiger partial charge in [0.2, 0.25) is 0 Å². The average molecular weight is 629 g/mol. The van der Waals surface area contributed by atoms with E-state index in [2.05, 4.69) is 22.8 Å². The molecule has 0 aliphatic carbocycles. The second-order valence-electron chi connectivity index (χ2n) is 9.44. The summed E-state index contributed by atoms with van der Waals surface area (Å²) in [6.45, 7) is 4.26. The van der Waals surface area contributed by atoms with Gasteiger partial charge in [-0.05, 0) is 12.8 Å². The van der Waals surface area contributed by atoms with Crippen LogP contribution >= 0.6 is 0 Å². The van der Waals surface area contributed by atoms with E-state index in [0.29, 0.717) is 25.7 Å². The molecule has 0 saturated carbocycles. The number of carbonyl (C=O) groups is 2. The molecule has 0 aromatic heterocycles. The molecule has 0 rings (SSSR count).